The van der Waals surface area contributed by atoms with Gasteiger partial charge in [-0.3, -0.25) is 0 Å². The fourth-order valence-corrected chi connectivity index (χ4v) is 12.2. The molecule has 0 unspecified atom stereocenters. The number of fused-ring (bicyclic) bond motifs is 14. The van der Waals surface area contributed by atoms with E-state index >= 15 is 0 Å². The number of pyridine rings is 1. The van der Waals surface area contributed by atoms with Gasteiger partial charge in [0.15, 0.2) is 17.5 Å². The Bertz CT molecular complexity index is 3750. The average Bonchev–Trinajstić information content (AvgIpc) is 3.94. The first-order valence-electron chi connectivity index (χ1n) is 24.8. The number of rotatable bonds is 4. The molecule has 8 aromatic carbocycles. The molecule has 3 aliphatic rings. The minimum atomic E-state index is -0.634. The molecule has 0 amide bonds. The molecule has 0 atom stereocenters. The summed E-state index contributed by atoms with van der Waals surface area (Å²) in [7, 11) is 0. The molecule has 71 heavy (non-hydrogen) atoms. The third kappa shape index (κ3) is 6.50. The van der Waals surface area contributed by atoms with Gasteiger partial charge in [0.1, 0.15) is 0 Å². The molecule has 2 heterocycles. The summed E-state index contributed by atoms with van der Waals surface area (Å²) >= 11 is 7.33. The number of nitrogens with zero attached hydrogens (tertiary/aromatic N) is 4. The SMILES string of the molecule is CC(C)(C)c1ccc(-c2nc(-c3ccc(C(C)(C)C)cc3)nc(-c3ccc4c(c3)C3(c5ccccc5-c5ccccc53)c3cc(-c5cc(Cl)c6cc7c(cc6n5)C(C)(C)c5ccccc5-7)ccc3-4)n2)cc1. The first-order valence-corrected chi connectivity index (χ1v) is 25.2. The molecule has 0 radical (unpaired) electrons. The molecule has 4 nitrogen and oxygen atoms in total. The van der Waals surface area contributed by atoms with Crippen molar-refractivity contribution in [3.63, 3.8) is 0 Å². The van der Waals surface area contributed by atoms with E-state index in [4.69, 9.17) is 31.5 Å². The van der Waals surface area contributed by atoms with Gasteiger partial charge in [-0.15, -0.1) is 0 Å². The van der Waals surface area contributed by atoms with Crippen LogP contribution in [0.5, 0.6) is 0 Å². The van der Waals surface area contributed by atoms with Crippen molar-refractivity contribution < 1.29 is 0 Å². The van der Waals surface area contributed by atoms with Crippen LogP contribution in [-0.2, 0) is 21.7 Å². The highest BCUT2D eigenvalue weighted by Gasteiger charge is 2.52. The Balaban J connectivity index is 0.998. The van der Waals surface area contributed by atoms with E-state index in [1.807, 2.05) is 0 Å². The van der Waals surface area contributed by atoms with Gasteiger partial charge in [-0.05, 0) is 119 Å². The second-order valence-corrected chi connectivity index (χ2v) is 22.8. The van der Waals surface area contributed by atoms with Gasteiger partial charge >= 0.3 is 0 Å². The summed E-state index contributed by atoms with van der Waals surface area (Å²) in [6, 6.07) is 64.3. The minimum absolute atomic E-state index is 0.0171. The summed E-state index contributed by atoms with van der Waals surface area (Å²) < 4.78 is 0. The molecule has 13 rings (SSSR count). The molecule has 0 saturated heterocycles. The predicted molar refractivity (Wildman–Crippen MR) is 293 cm³/mol. The first kappa shape index (κ1) is 43.5. The van der Waals surface area contributed by atoms with Crippen LogP contribution in [-0.4, -0.2) is 19.9 Å². The molecule has 0 fully saturated rings. The Morgan fingerprint density at radius 3 is 1.31 bits per heavy atom. The lowest BCUT2D eigenvalue weighted by Crippen LogP contribution is -2.26. The van der Waals surface area contributed by atoms with Crippen molar-refractivity contribution in [3.05, 3.63) is 225 Å². The van der Waals surface area contributed by atoms with Gasteiger partial charge in [-0.2, -0.15) is 0 Å². The molecule has 0 N–H and O–H groups in total. The molecule has 0 saturated carbocycles. The van der Waals surface area contributed by atoms with Crippen LogP contribution in [0.1, 0.15) is 99.9 Å². The summed E-state index contributed by atoms with van der Waals surface area (Å²) in [6.07, 6.45) is 0. The van der Waals surface area contributed by atoms with Crippen LogP contribution in [0, 0.1) is 0 Å². The molecule has 0 aliphatic heterocycles. The van der Waals surface area contributed by atoms with Crippen molar-refractivity contribution >= 4 is 22.5 Å². The zero-order valence-corrected chi connectivity index (χ0v) is 42.2. The van der Waals surface area contributed by atoms with Crippen LogP contribution in [0.25, 0.3) is 89.7 Å². The summed E-state index contributed by atoms with van der Waals surface area (Å²) in [4.78, 5) is 21.2. The van der Waals surface area contributed by atoms with Crippen molar-refractivity contribution in [2.75, 3.05) is 0 Å². The van der Waals surface area contributed by atoms with Crippen molar-refractivity contribution in [1.82, 2.24) is 19.9 Å². The zero-order chi connectivity index (χ0) is 48.8. The highest BCUT2D eigenvalue weighted by molar-refractivity contribution is 6.35. The molecule has 1 spiro atoms. The molecule has 344 valence electrons. The van der Waals surface area contributed by atoms with Gasteiger partial charge in [0.25, 0.3) is 0 Å². The van der Waals surface area contributed by atoms with Crippen LogP contribution in [0.3, 0.4) is 0 Å². The van der Waals surface area contributed by atoms with Gasteiger partial charge in [0, 0.05) is 33.1 Å². The maximum absolute atomic E-state index is 7.33. The largest absolute Gasteiger partial charge is 0.248 e. The summed E-state index contributed by atoms with van der Waals surface area (Å²) in [6.45, 7) is 18.1. The smallest absolute Gasteiger partial charge is 0.164 e. The van der Waals surface area contributed by atoms with Gasteiger partial charge < -0.3 is 0 Å². The lowest BCUT2D eigenvalue weighted by molar-refractivity contribution is 0.590. The average molecular weight is 938 g/mol. The summed E-state index contributed by atoms with van der Waals surface area (Å²) in [5.41, 5.74) is 22.3. The van der Waals surface area contributed by atoms with Crippen LogP contribution >= 0.6 is 11.6 Å². The Morgan fingerprint density at radius 2 is 0.789 bits per heavy atom. The first-order chi connectivity index (χ1) is 34.1. The molecule has 10 aromatic rings. The van der Waals surface area contributed by atoms with Gasteiger partial charge in [0.2, 0.25) is 0 Å². The normalized spacial score (nSPS) is 14.5. The summed E-state index contributed by atoms with van der Waals surface area (Å²) in [5, 5.41) is 1.66. The molecule has 3 aliphatic carbocycles. The molecular formula is C66H53ClN4. The van der Waals surface area contributed by atoms with Gasteiger partial charge in [0.05, 0.1) is 21.6 Å². The molecule has 2 aromatic heterocycles. The maximum Gasteiger partial charge on any atom is 0.164 e. The number of hydrogen-bond donors (Lipinski definition) is 0. The lowest BCUT2D eigenvalue weighted by Gasteiger charge is -2.31. The van der Waals surface area contributed by atoms with Crippen molar-refractivity contribution in [1.29, 1.82) is 0 Å². The quantitative estimate of drug-likeness (QED) is 0.176. The number of aromatic nitrogens is 4. The topological polar surface area (TPSA) is 51.6 Å². The van der Waals surface area contributed by atoms with Crippen LogP contribution in [0.2, 0.25) is 5.02 Å². The third-order valence-corrected chi connectivity index (χ3v) is 16.1. The fraction of sp³-hybridized carbons (Fsp3) is 0.182. The standard InChI is InChI=1S/C66H53ClN4/c1-63(2,3)42-27-21-38(22-28-42)60-69-61(39-23-29-43(30-24-39)64(4,5)6)71-62(70-60)41-26-32-48-47-31-25-40(33-55(47)66(56(48)34-41)52-19-13-10-15-44(52)45-16-11-14-20-53(45)66)58-37-57(67)50-35-49-46-17-9-12-18-51(46)65(7,8)54(49)36-59(50)68-58/h9-37H,1-8H3. The fourth-order valence-electron chi connectivity index (χ4n) is 12.0. The second kappa shape index (κ2) is 15.2. The van der Waals surface area contributed by atoms with Gasteiger partial charge in [-0.25, -0.2) is 19.9 Å². The van der Waals surface area contributed by atoms with Crippen molar-refractivity contribution in [2.24, 2.45) is 0 Å². The highest BCUT2D eigenvalue weighted by Crippen LogP contribution is 2.63. The minimum Gasteiger partial charge on any atom is -0.248 e. The van der Waals surface area contributed by atoms with E-state index in [0.29, 0.717) is 22.5 Å². The number of hydrogen-bond acceptors (Lipinski definition) is 4. The molecule has 5 heteroatoms. The zero-order valence-electron chi connectivity index (χ0n) is 41.4. The lowest BCUT2D eigenvalue weighted by atomic mass is 9.70. The van der Waals surface area contributed by atoms with E-state index in [-0.39, 0.29) is 16.2 Å². The number of halogens is 1. The number of benzene rings is 8. The Kier molecular flexibility index (Phi) is 9.33. The van der Waals surface area contributed by atoms with E-state index in [0.717, 1.165) is 38.9 Å². The summed E-state index contributed by atoms with van der Waals surface area (Å²) in [5.74, 6) is 1.92. The van der Waals surface area contributed by atoms with Crippen molar-refractivity contribution in [2.45, 2.75) is 77.0 Å². The van der Waals surface area contributed by atoms with Crippen molar-refractivity contribution in [3.8, 4) is 78.8 Å². The van der Waals surface area contributed by atoms with Gasteiger partial charge in [-0.1, -0.05) is 213 Å². The Morgan fingerprint density at radius 1 is 0.366 bits per heavy atom. The van der Waals surface area contributed by atoms with E-state index < -0.39 is 5.41 Å². The Hall–Kier alpha value is -7.53. The second-order valence-electron chi connectivity index (χ2n) is 22.4. The van der Waals surface area contributed by atoms with Crippen LogP contribution < -0.4 is 0 Å². The Labute approximate surface area is 421 Å². The predicted octanol–water partition coefficient (Wildman–Crippen LogP) is 17.0. The molecule has 0 bridgehead atoms. The van der Waals surface area contributed by atoms with Crippen LogP contribution in [0.4, 0.5) is 0 Å². The molecular weight excluding hydrogens is 884 g/mol. The van der Waals surface area contributed by atoms with E-state index in [9.17, 15) is 0 Å². The van der Waals surface area contributed by atoms with Crippen LogP contribution in [0.15, 0.2) is 176 Å². The van der Waals surface area contributed by atoms with E-state index in [1.165, 1.54) is 77.9 Å². The van der Waals surface area contributed by atoms with E-state index in [1.54, 1.807) is 0 Å². The van der Waals surface area contributed by atoms with E-state index in [2.05, 4.69) is 231 Å². The third-order valence-electron chi connectivity index (χ3n) is 15.8. The monoisotopic (exact) mass is 936 g/mol. The maximum atomic E-state index is 7.33. The highest BCUT2D eigenvalue weighted by atomic mass is 35.5.